The average molecular weight is 402 g/mol. The fourth-order valence-electron chi connectivity index (χ4n) is 3.49. The van der Waals surface area contributed by atoms with Crippen LogP contribution in [0.3, 0.4) is 0 Å². The van der Waals surface area contributed by atoms with Crippen molar-refractivity contribution in [3.05, 3.63) is 88.6 Å². The van der Waals surface area contributed by atoms with Gasteiger partial charge in [-0.3, -0.25) is 9.36 Å². The lowest BCUT2D eigenvalue weighted by molar-refractivity contribution is -0.149. The molecule has 7 heteroatoms. The van der Waals surface area contributed by atoms with E-state index in [0.717, 1.165) is 11.3 Å². The molecule has 0 spiro atoms. The zero-order valence-corrected chi connectivity index (χ0v) is 16.9. The van der Waals surface area contributed by atoms with Crippen LogP contribution in [-0.2, 0) is 16.1 Å². The molecule has 0 aliphatic carbocycles. The van der Waals surface area contributed by atoms with Crippen LogP contribution >= 0.6 is 0 Å². The number of para-hydroxylation sites is 1. The van der Waals surface area contributed by atoms with Gasteiger partial charge in [-0.25, -0.2) is 14.5 Å². The van der Waals surface area contributed by atoms with Gasteiger partial charge < -0.3 is 4.74 Å². The SMILES string of the molecule is CCC(C(=O)OCc1ccccc1)n1c(C)nc2c(cnn2-c2ccccc2)c1=O. The molecule has 0 aliphatic rings. The summed E-state index contributed by atoms with van der Waals surface area (Å²) in [6.07, 6.45) is 1.91. The summed E-state index contributed by atoms with van der Waals surface area (Å²) in [5, 5.41) is 4.70. The monoisotopic (exact) mass is 402 g/mol. The third-order valence-corrected chi connectivity index (χ3v) is 5.00. The second-order valence-corrected chi connectivity index (χ2v) is 6.98. The molecule has 2 aromatic heterocycles. The number of benzene rings is 2. The van der Waals surface area contributed by atoms with Crippen molar-refractivity contribution in [2.75, 3.05) is 0 Å². The van der Waals surface area contributed by atoms with Gasteiger partial charge in [0.15, 0.2) is 5.65 Å². The van der Waals surface area contributed by atoms with E-state index in [4.69, 9.17) is 4.74 Å². The topological polar surface area (TPSA) is 79.0 Å². The molecule has 152 valence electrons. The summed E-state index contributed by atoms with van der Waals surface area (Å²) in [6.45, 7) is 3.72. The van der Waals surface area contributed by atoms with Gasteiger partial charge in [0.05, 0.1) is 11.9 Å². The van der Waals surface area contributed by atoms with E-state index in [1.807, 2.05) is 67.6 Å². The predicted octanol–water partition coefficient (Wildman–Crippen LogP) is 3.59. The van der Waals surface area contributed by atoms with E-state index in [0.29, 0.717) is 23.3 Å². The van der Waals surface area contributed by atoms with Crippen molar-refractivity contribution in [1.82, 2.24) is 19.3 Å². The summed E-state index contributed by atoms with van der Waals surface area (Å²) >= 11 is 0. The number of carbonyl (C=O) groups excluding carboxylic acids is 1. The Morgan fingerprint density at radius 3 is 2.40 bits per heavy atom. The molecule has 7 nitrogen and oxygen atoms in total. The second kappa shape index (κ2) is 8.32. The summed E-state index contributed by atoms with van der Waals surface area (Å²) in [7, 11) is 0. The first kappa shape index (κ1) is 19.6. The highest BCUT2D eigenvalue weighted by molar-refractivity contribution is 5.78. The molecule has 2 heterocycles. The lowest BCUT2D eigenvalue weighted by atomic mass is 10.2. The van der Waals surface area contributed by atoms with Crippen molar-refractivity contribution in [3.8, 4) is 5.69 Å². The normalized spacial score (nSPS) is 12.1. The first-order chi connectivity index (χ1) is 14.6. The summed E-state index contributed by atoms with van der Waals surface area (Å²) in [5.74, 6) is -0.0168. The predicted molar refractivity (Wildman–Crippen MR) is 113 cm³/mol. The Morgan fingerprint density at radius 2 is 1.73 bits per heavy atom. The smallest absolute Gasteiger partial charge is 0.329 e. The van der Waals surface area contributed by atoms with E-state index >= 15 is 0 Å². The van der Waals surface area contributed by atoms with Gasteiger partial charge in [-0.2, -0.15) is 5.10 Å². The van der Waals surface area contributed by atoms with Crippen LogP contribution in [0.5, 0.6) is 0 Å². The Kier molecular flexibility index (Phi) is 5.43. The summed E-state index contributed by atoms with van der Waals surface area (Å²) in [4.78, 5) is 30.6. The largest absolute Gasteiger partial charge is 0.459 e. The molecular weight excluding hydrogens is 380 g/mol. The first-order valence-electron chi connectivity index (χ1n) is 9.83. The van der Waals surface area contributed by atoms with E-state index in [1.165, 1.54) is 10.8 Å². The highest BCUT2D eigenvalue weighted by Gasteiger charge is 2.25. The van der Waals surface area contributed by atoms with Gasteiger partial charge in [0.2, 0.25) is 0 Å². The Bertz CT molecular complexity index is 1230. The maximum Gasteiger partial charge on any atom is 0.329 e. The van der Waals surface area contributed by atoms with E-state index in [2.05, 4.69) is 10.1 Å². The summed E-state index contributed by atoms with van der Waals surface area (Å²) in [5.41, 5.74) is 1.86. The van der Waals surface area contributed by atoms with E-state index in [-0.39, 0.29) is 12.2 Å². The van der Waals surface area contributed by atoms with Crippen molar-refractivity contribution < 1.29 is 9.53 Å². The highest BCUT2D eigenvalue weighted by atomic mass is 16.5. The number of nitrogens with zero attached hydrogens (tertiary/aromatic N) is 4. The van der Waals surface area contributed by atoms with Gasteiger partial charge in [-0.15, -0.1) is 0 Å². The fourth-order valence-corrected chi connectivity index (χ4v) is 3.49. The Morgan fingerprint density at radius 1 is 1.07 bits per heavy atom. The standard InChI is InChI=1S/C23H22N4O3/c1-3-20(23(29)30-15-17-10-6-4-7-11-17)26-16(2)25-21-19(22(26)28)14-24-27(21)18-12-8-5-9-13-18/h4-14,20H,3,15H2,1-2H3. The minimum Gasteiger partial charge on any atom is -0.459 e. The second-order valence-electron chi connectivity index (χ2n) is 6.98. The molecule has 0 N–H and O–H groups in total. The first-order valence-corrected chi connectivity index (χ1v) is 9.83. The zero-order valence-electron chi connectivity index (χ0n) is 16.9. The molecule has 0 amide bonds. The van der Waals surface area contributed by atoms with Crippen LogP contribution in [-0.4, -0.2) is 25.3 Å². The highest BCUT2D eigenvalue weighted by Crippen LogP contribution is 2.19. The molecule has 0 aliphatic heterocycles. The molecule has 0 saturated heterocycles. The molecule has 4 rings (SSSR count). The number of rotatable bonds is 6. The zero-order chi connectivity index (χ0) is 21.1. The Hall–Kier alpha value is -3.74. The van der Waals surface area contributed by atoms with Crippen LogP contribution in [0.2, 0.25) is 0 Å². The van der Waals surface area contributed by atoms with Gasteiger partial charge in [-0.1, -0.05) is 55.5 Å². The van der Waals surface area contributed by atoms with Gasteiger partial charge >= 0.3 is 5.97 Å². The Labute approximate surface area is 173 Å². The van der Waals surface area contributed by atoms with Crippen molar-refractivity contribution in [3.63, 3.8) is 0 Å². The van der Waals surface area contributed by atoms with E-state index in [1.54, 1.807) is 11.6 Å². The lowest BCUT2D eigenvalue weighted by Gasteiger charge is -2.19. The van der Waals surface area contributed by atoms with Crippen LogP contribution in [0, 0.1) is 6.92 Å². The van der Waals surface area contributed by atoms with Crippen molar-refractivity contribution >= 4 is 17.0 Å². The minimum absolute atomic E-state index is 0.158. The average Bonchev–Trinajstić information content (AvgIpc) is 3.20. The molecule has 0 radical (unpaired) electrons. The van der Waals surface area contributed by atoms with Crippen molar-refractivity contribution in [1.29, 1.82) is 0 Å². The van der Waals surface area contributed by atoms with Crippen LogP contribution in [0.15, 0.2) is 71.7 Å². The van der Waals surface area contributed by atoms with Gasteiger partial charge in [0.1, 0.15) is 23.9 Å². The number of fused-ring (bicyclic) bond motifs is 1. The third-order valence-electron chi connectivity index (χ3n) is 5.00. The van der Waals surface area contributed by atoms with Gasteiger partial charge in [-0.05, 0) is 31.0 Å². The lowest BCUT2D eigenvalue weighted by Crippen LogP contribution is -2.33. The van der Waals surface area contributed by atoms with E-state index < -0.39 is 12.0 Å². The van der Waals surface area contributed by atoms with E-state index in [9.17, 15) is 9.59 Å². The summed E-state index contributed by atoms with van der Waals surface area (Å²) < 4.78 is 8.52. The van der Waals surface area contributed by atoms with Crippen LogP contribution < -0.4 is 5.56 Å². The number of hydrogen-bond acceptors (Lipinski definition) is 5. The molecule has 0 saturated carbocycles. The van der Waals surface area contributed by atoms with Crippen LogP contribution in [0.1, 0.15) is 30.8 Å². The van der Waals surface area contributed by atoms with Crippen LogP contribution in [0.25, 0.3) is 16.7 Å². The molecular formula is C23H22N4O3. The molecule has 2 aromatic carbocycles. The van der Waals surface area contributed by atoms with Gasteiger partial charge in [0, 0.05) is 0 Å². The number of hydrogen-bond donors (Lipinski definition) is 0. The van der Waals surface area contributed by atoms with Crippen molar-refractivity contribution in [2.24, 2.45) is 0 Å². The Balaban J connectivity index is 1.69. The maximum atomic E-state index is 13.2. The fraction of sp³-hybridized carbons (Fsp3) is 0.217. The summed E-state index contributed by atoms with van der Waals surface area (Å²) in [6, 6.07) is 18.2. The number of esters is 1. The number of carbonyl (C=O) groups is 1. The number of aryl methyl sites for hydroxylation is 1. The minimum atomic E-state index is -0.752. The molecule has 0 bridgehead atoms. The third kappa shape index (κ3) is 3.61. The number of aromatic nitrogens is 4. The van der Waals surface area contributed by atoms with Crippen LogP contribution in [0.4, 0.5) is 0 Å². The quantitative estimate of drug-likeness (QED) is 0.461. The van der Waals surface area contributed by atoms with Crippen molar-refractivity contribution in [2.45, 2.75) is 32.9 Å². The molecule has 4 aromatic rings. The maximum absolute atomic E-state index is 13.2. The molecule has 1 unspecified atom stereocenters. The molecule has 0 fully saturated rings. The molecule has 30 heavy (non-hydrogen) atoms. The molecule has 1 atom stereocenters. The van der Waals surface area contributed by atoms with Gasteiger partial charge in [0.25, 0.3) is 5.56 Å². The number of ether oxygens (including phenoxy) is 1.